The fourth-order valence-corrected chi connectivity index (χ4v) is 4.36. The monoisotopic (exact) mass is 408 g/mol. The summed E-state index contributed by atoms with van der Waals surface area (Å²) in [5.41, 5.74) is 2.34. The van der Waals surface area contributed by atoms with Crippen LogP contribution in [-0.2, 0) is 10.0 Å². The molecule has 0 aromatic heterocycles. The van der Waals surface area contributed by atoms with Gasteiger partial charge in [-0.1, -0.05) is 62.4 Å². The molecule has 29 heavy (non-hydrogen) atoms. The number of para-hydroxylation sites is 2. The van der Waals surface area contributed by atoms with E-state index >= 15 is 0 Å². The Morgan fingerprint density at radius 3 is 2.14 bits per heavy atom. The van der Waals surface area contributed by atoms with Gasteiger partial charge in [0.15, 0.2) is 0 Å². The van der Waals surface area contributed by atoms with Gasteiger partial charge in [0.05, 0.1) is 16.1 Å². The van der Waals surface area contributed by atoms with Gasteiger partial charge in [0.2, 0.25) is 0 Å². The summed E-state index contributed by atoms with van der Waals surface area (Å²) in [5.74, 6) is -0.119. The first kappa shape index (κ1) is 20.6. The number of amides is 1. The lowest BCUT2D eigenvalue weighted by molar-refractivity contribution is 0.102. The lowest BCUT2D eigenvalue weighted by Gasteiger charge is -2.22. The van der Waals surface area contributed by atoms with Gasteiger partial charge >= 0.3 is 0 Å². The zero-order chi connectivity index (χ0) is 21.0. The quantitative estimate of drug-likeness (QED) is 0.632. The molecule has 150 valence electrons. The SMILES string of the molecule is CC(C)c1ccccc1NC(=O)c1ccccc1N(C)S(=O)(=O)c1ccccc1. The molecular weight excluding hydrogens is 384 g/mol. The highest BCUT2D eigenvalue weighted by Gasteiger charge is 2.25. The van der Waals surface area contributed by atoms with E-state index in [-0.39, 0.29) is 22.3 Å². The van der Waals surface area contributed by atoms with Crippen molar-refractivity contribution in [3.8, 4) is 0 Å². The Kier molecular flexibility index (Phi) is 6.03. The van der Waals surface area contributed by atoms with Crippen LogP contribution in [0.15, 0.2) is 83.8 Å². The van der Waals surface area contributed by atoms with Crippen LogP contribution < -0.4 is 9.62 Å². The maximum atomic E-state index is 13.0. The molecule has 3 aromatic carbocycles. The molecule has 0 saturated heterocycles. The van der Waals surface area contributed by atoms with Gasteiger partial charge in [-0.15, -0.1) is 0 Å². The Bertz CT molecular complexity index is 1110. The Morgan fingerprint density at radius 1 is 0.862 bits per heavy atom. The van der Waals surface area contributed by atoms with E-state index in [4.69, 9.17) is 0 Å². The van der Waals surface area contributed by atoms with E-state index in [0.717, 1.165) is 15.6 Å². The number of rotatable bonds is 6. The van der Waals surface area contributed by atoms with Crippen LogP contribution in [0.25, 0.3) is 0 Å². The summed E-state index contributed by atoms with van der Waals surface area (Å²) >= 11 is 0. The van der Waals surface area contributed by atoms with Crippen LogP contribution in [0.2, 0.25) is 0 Å². The maximum absolute atomic E-state index is 13.0. The molecule has 0 fully saturated rings. The van der Waals surface area contributed by atoms with Crippen molar-refractivity contribution in [2.45, 2.75) is 24.7 Å². The van der Waals surface area contributed by atoms with E-state index in [1.165, 1.54) is 19.2 Å². The summed E-state index contributed by atoms with van der Waals surface area (Å²) in [4.78, 5) is 13.2. The number of anilines is 2. The van der Waals surface area contributed by atoms with Gasteiger partial charge in [-0.25, -0.2) is 8.42 Å². The summed E-state index contributed by atoms with van der Waals surface area (Å²) in [6, 6.07) is 22.5. The number of carbonyl (C=O) groups is 1. The van der Waals surface area contributed by atoms with Crippen molar-refractivity contribution in [3.63, 3.8) is 0 Å². The summed E-state index contributed by atoms with van der Waals surface area (Å²) < 4.78 is 27.2. The van der Waals surface area contributed by atoms with Gasteiger partial charge in [0, 0.05) is 12.7 Å². The standard InChI is InChI=1S/C23H24N2O3S/c1-17(2)19-13-7-9-15-21(19)24-23(26)20-14-8-10-16-22(20)25(3)29(27,28)18-11-5-4-6-12-18/h4-17H,1-3H3,(H,24,26). The third kappa shape index (κ3) is 4.32. The topological polar surface area (TPSA) is 66.5 Å². The van der Waals surface area contributed by atoms with E-state index in [1.54, 1.807) is 42.5 Å². The molecule has 0 radical (unpaired) electrons. The van der Waals surface area contributed by atoms with Crippen molar-refractivity contribution in [2.24, 2.45) is 0 Å². The van der Waals surface area contributed by atoms with Gasteiger partial charge in [-0.3, -0.25) is 9.10 Å². The first-order chi connectivity index (χ1) is 13.8. The molecule has 1 N–H and O–H groups in total. The average Bonchev–Trinajstić information content (AvgIpc) is 2.74. The normalized spacial score (nSPS) is 11.3. The van der Waals surface area contributed by atoms with Crippen LogP contribution in [0.1, 0.15) is 35.7 Å². The number of sulfonamides is 1. The fourth-order valence-electron chi connectivity index (χ4n) is 3.12. The van der Waals surface area contributed by atoms with Crippen molar-refractivity contribution in [2.75, 3.05) is 16.7 Å². The molecule has 0 saturated carbocycles. The minimum atomic E-state index is -3.79. The van der Waals surface area contributed by atoms with Crippen molar-refractivity contribution >= 4 is 27.3 Å². The van der Waals surface area contributed by atoms with Crippen molar-refractivity contribution in [3.05, 3.63) is 90.0 Å². The molecular formula is C23H24N2O3S. The zero-order valence-electron chi connectivity index (χ0n) is 16.7. The first-order valence-corrected chi connectivity index (χ1v) is 10.8. The third-order valence-corrected chi connectivity index (χ3v) is 6.51. The molecule has 1 amide bonds. The summed E-state index contributed by atoms with van der Waals surface area (Å²) in [6.07, 6.45) is 0. The van der Waals surface area contributed by atoms with Crippen LogP contribution >= 0.6 is 0 Å². The van der Waals surface area contributed by atoms with E-state index in [2.05, 4.69) is 19.2 Å². The molecule has 5 nitrogen and oxygen atoms in total. The largest absolute Gasteiger partial charge is 0.322 e. The maximum Gasteiger partial charge on any atom is 0.264 e. The van der Waals surface area contributed by atoms with Crippen LogP contribution in [0.4, 0.5) is 11.4 Å². The Balaban J connectivity index is 1.96. The van der Waals surface area contributed by atoms with E-state index in [1.807, 2.05) is 24.3 Å². The molecule has 0 aliphatic rings. The second-order valence-electron chi connectivity index (χ2n) is 7.00. The number of nitrogens with zero attached hydrogens (tertiary/aromatic N) is 1. The molecule has 6 heteroatoms. The van der Waals surface area contributed by atoms with Gasteiger partial charge in [-0.2, -0.15) is 0 Å². The lowest BCUT2D eigenvalue weighted by atomic mass is 10.0. The predicted octanol–water partition coefficient (Wildman–Crippen LogP) is 4.89. The molecule has 0 spiro atoms. The molecule has 3 rings (SSSR count). The number of hydrogen-bond acceptors (Lipinski definition) is 3. The highest BCUT2D eigenvalue weighted by atomic mass is 32.2. The minimum absolute atomic E-state index is 0.169. The summed E-state index contributed by atoms with van der Waals surface area (Å²) in [5, 5.41) is 2.93. The molecule has 0 atom stereocenters. The average molecular weight is 409 g/mol. The molecule has 0 aliphatic carbocycles. The third-order valence-electron chi connectivity index (χ3n) is 4.72. The highest BCUT2D eigenvalue weighted by molar-refractivity contribution is 7.92. The number of hydrogen-bond donors (Lipinski definition) is 1. The lowest BCUT2D eigenvalue weighted by Crippen LogP contribution is -2.29. The molecule has 0 bridgehead atoms. The van der Waals surface area contributed by atoms with E-state index in [9.17, 15) is 13.2 Å². The summed E-state index contributed by atoms with van der Waals surface area (Å²) in [6.45, 7) is 4.11. The van der Waals surface area contributed by atoms with E-state index in [0.29, 0.717) is 5.69 Å². The smallest absolute Gasteiger partial charge is 0.264 e. The Hall–Kier alpha value is -3.12. The zero-order valence-corrected chi connectivity index (χ0v) is 17.5. The highest BCUT2D eigenvalue weighted by Crippen LogP contribution is 2.28. The predicted molar refractivity (Wildman–Crippen MR) is 117 cm³/mol. The van der Waals surface area contributed by atoms with Crippen LogP contribution in [0, 0.1) is 0 Å². The molecule has 0 aliphatic heterocycles. The molecule has 0 heterocycles. The van der Waals surface area contributed by atoms with Crippen LogP contribution in [0.3, 0.4) is 0 Å². The van der Waals surface area contributed by atoms with Gasteiger partial charge in [-0.05, 0) is 41.8 Å². The second kappa shape index (κ2) is 8.49. The van der Waals surface area contributed by atoms with Gasteiger partial charge in [0.25, 0.3) is 15.9 Å². The van der Waals surface area contributed by atoms with Crippen molar-refractivity contribution in [1.29, 1.82) is 0 Å². The van der Waals surface area contributed by atoms with Crippen molar-refractivity contribution < 1.29 is 13.2 Å². The van der Waals surface area contributed by atoms with Crippen LogP contribution in [-0.4, -0.2) is 21.4 Å². The Morgan fingerprint density at radius 2 is 1.45 bits per heavy atom. The van der Waals surface area contributed by atoms with Gasteiger partial charge < -0.3 is 5.32 Å². The fraction of sp³-hybridized carbons (Fsp3) is 0.174. The summed E-state index contributed by atoms with van der Waals surface area (Å²) in [7, 11) is -2.33. The number of benzene rings is 3. The minimum Gasteiger partial charge on any atom is -0.322 e. The molecule has 0 unspecified atom stereocenters. The Labute approximate surface area is 172 Å². The van der Waals surface area contributed by atoms with Gasteiger partial charge in [0.1, 0.15) is 0 Å². The first-order valence-electron chi connectivity index (χ1n) is 9.35. The van der Waals surface area contributed by atoms with Crippen LogP contribution in [0.5, 0.6) is 0 Å². The van der Waals surface area contributed by atoms with E-state index < -0.39 is 10.0 Å². The second-order valence-corrected chi connectivity index (χ2v) is 8.97. The van der Waals surface area contributed by atoms with Crippen molar-refractivity contribution in [1.82, 2.24) is 0 Å². The number of carbonyl (C=O) groups excluding carboxylic acids is 1. The molecule has 3 aromatic rings. The number of nitrogens with one attached hydrogen (secondary N) is 1.